The molecule has 1 atom stereocenters. The van der Waals surface area contributed by atoms with Crippen LogP contribution in [0.4, 0.5) is 0 Å². The Balaban J connectivity index is 2.09. The van der Waals surface area contributed by atoms with E-state index in [-0.39, 0.29) is 17.9 Å². The van der Waals surface area contributed by atoms with Gasteiger partial charge in [-0.3, -0.25) is 9.59 Å². The van der Waals surface area contributed by atoms with E-state index in [2.05, 4.69) is 10.6 Å². The third kappa shape index (κ3) is 5.17. The number of carbonyl (C=O) groups is 2. The molecule has 0 spiro atoms. The fraction of sp³-hybridized carbons (Fsp3) is 0.833. The van der Waals surface area contributed by atoms with Crippen molar-refractivity contribution in [2.75, 3.05) is 27.2 Å². The summed E-state index contributed by atoms with van der Waals surface area (Å²) in [5, 5.41) is 6.07. The molecule has 0 bridgehead atoms. The fourth-order valence-corrected chi connectivity index (χ4v) is 1.87. The molecule has 1 fully saturated rings. The van der Waals surface area contributed by atoms with Gasteiger partial charge in [0.1, 0.15) is 0 Å². The Labute approximate surface area is 103 Å². The number of amides is 2. The van der Waals surface area contributed by atoms with Crippen molar-refractivity contribution in [1.29, 1.82) is 0 Å². The predicted octanol–water partition coefficient (Wildman–Crippen LogP) is 0.113. The first-order valence-corrected chi connectivity index (χ1v) is 6.32. The Morgan fingerprint density at radius 1 is 1.35 bits per heavy atom. The van der Waals surface area contributed by atoms with Crippen LogP contribution >= 0.6 is 0 Å². The van der Waals surface area contributed by atoms with Crippen molar-refractivity contribution in [3.8, 4) is 0 Å². The average Bonchev–Trinajstić information content (AvgIpc) is 2.35. The minimum Gasteiger partial charge on any atom is -0.355 e. The zero-order valence-electron chi connectivity index (χ0n) is 10.8. The normalized spacial score (nSPS) is 19.8. The lowest BCUT2D eigenvalue weighted by Gasteiger charge is -2.22. The third-order valence-corrected chi connectivity index (χ3v) is 2.99. The fourth-order valence-electron chi connectivity index (χ4n) is 1.87. The monoisotopic (exact) mass is 241 g/mol. The number of nitrogens with zero attached hydrogens (tertiary/aromatic N) is 1. The van der Waals surface area contributed by atoms with Gasteiger partial charge in [0.2, 0.25) is 11.8 Å². The second-order valence-electron chi connectivity index (χ2n) is 4.69. The van der Waals surface area contributed by atoms with Crippen LogP contribution in [0.1, 0.15) is 32.1 Å². The Morgan fingerprint density at radius 3 is 2.71 bits per heavy atom. The zero-order chi connectivity index (χ0) is 12.7. The summed E-state index contributed by atoms with van der Waals surface area (Å²) in [6.45, 7) is 1.51. The van der Waals surface area contributed by atoms with Crippen molar-refractivity contribution in [2.24, 2.45) is 0 Å². The zero-order valence-corrected chi connectivity index (χ0v) is 10.8. The van der Waals surface area contributed by atoms with Gasteiger partial charge in [-0.1, -0.05) is 6.42 Å². The lowest BCUT2D eigenvalue weighted by molar-refractivity contribution is -0.129. The van der Waals surface area contributed by atoms with Gasteiger partial charge in [0.15, 0.2) is 0 Å². The molecule has 1 aliphatic heterocycles. The molecule has 1 heterocycles. The number of hydrogen-bond acceptors (Lipinski definition) is 3. The van der Waals surface area contributed by atoms with Crippen LogP contribution in [0, 0.1) is 0 Å². The van der Waals surface area contributed by atoms with Crippen LogP contribution in [-0.4, -0.2) is 49.9 Å². The summed E-state index contributed by atoms with van der Waals surface area (Å²) in [6.07, 6.45) is 4.38. The highest BCUT2D eigenvalue weighted by atomic mass is 16.2. The van der Waals surface area contributed by atoms with E-state index < -0.39 is 0 Å². The SMILES string of the molecule is CN(C)C(=O)CCCNC(=O)C1CCCCN1. The third-order valence-electron chi connectivity index (χ3n) is 2.99. The molecular weight excluding hydrogens is 218 g/mol. The van der Waals surface area contributed by atoms with Crippen LogP contribution in [0.3, 0.4) is 0 Å². The summed E-state index contributed by atoms with van der Waals surface area (Å²) in [7, 11) is 3.49. The van der Waals surface area contributed by atoms with Crippen molar-refractivity contribution in [1.82, 2.24) is 15.5 Å². The Hall–Kier alpha value is -1.10. The van der Waals surface area contributed by atoms with E-state index in [1.807, 2.05) is 0 Å². The highest BCUT2D eigenvalue weighted by Crippen LogP contribution is 2.06. The van der Waals surface area contributed by atoms with Crippen molar-refractivity contribution in [2.45, 2.75) is 38.1 Å². The van der Waals surface area contributed by atoms with E-state index >= 15 is 0 Å². The molecule has 1 rings (SSSR count). The predicted molar refractivity (Wildman–Crippen MR) is 66.6 cm³/mol. The van der Waals surface area contributed by atoms with Crippen LogP contribution in [-0.2, 0) is 9.59 Å². The van der Waals surface area contributed by atoms with Crippen molar-refractivity contribution < 1.29 is 9.59 Å². The Kier molecular flexibility index (Phi) is 5.97. The first-order chi connectivity index (χ1) is 8.11. The second kappa shape index (κ2) is 7.27. The van der Waals surface area contributed by atoms with E-state index in [4.69, 9.17) is 0 Å². The van der Waals surface area contributed by atoms with Crippen LogP contribution in [0.25, 0.3) is 0 Å². The number of piperidine rings is 1. The molecule has 17 heavy (non-hydrogen) atoms. The maximum Gasteiger partial charge on any atom is 0.237 e. The molecule has 5 heteroatoms. The average molecular weight is 241 g/mol. The molecule has 0 radical (unpaired) electrons. The van der Waals surface area contributed by atoms with E-state index in [9.17, 15) is 9.59 Å². The van der Waals surface area contributed by atoms with Crippen molar-refractivity contribution >= 4 is 11.8 Å². The molecular formula is C12H23N3O2. The second-order valence-corrected chi connectivity index (χ2v) is 4.69. The quantitative estimate of drug-likeness (QED) is 0.672. The Morgan fingerprint density at radius 2 is 2.12 bits per heavy atom. The summed E-state index contributed by atoms with van der Waals surface area (Å²) < 4.78 is 0. The van der Waals surface area contributed by atoms with Crippen LogP contribution < -0.4 is 10.6 Å². The van der Waals surface area contributed by atoms with Gasteiger partial charge in [0.05, 0.1) is 6.04 Å². The van der Waals surface area contributed by atoms with Crippen LogP contribution in [0.15, 0.2) is 0 Å². The van der Waals surface area contributed by atoms with Gasteiger partial charge in [-0.05, 0) is 25.8 Å². The standard InChI is InChI=1S/C12H23N3O2/c1-15(2)11(16)7-5-9-14-12(17)10-6-3-4-8-13-10/h10,13H,3-9H2,1-2H3,(H,14,17). The number of hydrogen-bond donors (Lipinski definition) is 2. The topological polar surface area (TPSA) is 61.4 Å². The van der Waals surface area contributed by atoms with Gasteiger partial charge in [0.25, 0.3) is 0 Å². The molecule has 1 aliphatic rings. The first kappa shape index (κ1) is 14.0. The highest BCUT2D eigenvalue weighted by Gasteiger charge is 2.19. The number of nitrogens with one attached hydrogen (secondary N) is 2. The molecule has 0 aromatic rings. The molecule has 2 N–H and O–H groups in total. The maximum atomic E-state index is 11.7. The molecule has 2 amide bonds. The van der Waals surface area contributed by atoms with Crippen molar-refractivity contribution in [3.63, 3.8) is 0 Å². The van der Waals surface area contributed by atoms with Crippen LogP contribution in [0.2, 0.25) is 0 Å². The lowest BCUT2D eigenvalue weighted by Crippen LogP contribution is -2.46. The highest BCUT2D eigenvalue weighted by molar-refractivity contribution is 5.81. The van der Waals surface area contributed by atoms with Gasteiger partial charge < -0.3 is 15.5 Å². The molecule has 0 aliphatic carbocycles. The minimum atomic E-state index is -0.0340. The minimum absolute atomic E-state index is 0.0340. The van der Waals surface area contributed by atoms with E-state index in [0.717, 1.165) is 25.8 Å². The molecule has 0 aromatic heterocycles. The summed E-state index contributed by atoms with van der Waals surface area (Å²) >= 11 is 0. The maximum absolute atomic E-state index is 11.7. The molecule has 1 unspecified atom stereocenters. The van der Waals surface area contributed by atoms with E-state index in [1.165, 1.54) is 0 Å². The van der Waals surface area contributed by atoms with E-state index in [0.29, 0.717) is 19.4 Å². The Bertz CT molecular complexity index is 260. The largest absolute Gasteiger partial charge is 0.355 e. The molecule has 5 nitrogen and oxygen atoms in total. The summed E-state index contributed by atoms with van der Waals surface area (Å²) in [4.78, 5) is 24.6. The van der Waals surface area contributed by atoms with Crippen molar-refractivity contribution in [3.05, 3.63) is 0 Å². The van der Waals surface area contributed by atoms with Gasteiger partial charge in [-0.15, -0.1) is 0 Å². The lowest BCUT2D eigenvalue weighted by atomic mass is 10.0. The number of carbonyl (C=O) groups excluding carboxylic acids is 2. The number of rotatable bonds is 5. The first-order valence-electron chi connectivity index (χ1n) is 6.32. The summed E-state index contributed by atoms with van der Waals surface area (Å²) in [6, 6.07) is -0.0340. The van der Waals surface area contributed by atoms with Gasteiger partial charge in [-0.25, -0.2) is 0 Å². The smallest absolute Gasteiger partial charge is 0.237 e. The molecule has 1 saturated heterocycles. The van der Waals surface area contributed by atoms with E-state index in [1.54, 1.807) is 19.0 Å². The molecule has 0 saturated carbocycles. The summed E-state index contributed by atoms with van der Waals surface area (Å²) in [5.41, 5.74) is 0. The summed E-state index contributed by atoms with van der Waals surface area (Å²) in [5.74, 6) is 0.178. The molecule has 98 valence electrons. The van der Waals surface area contributed by atoms with Gasteiger partial charge in [-0.2, -0.15) is 0 Å². The molecule has 0 aromatic carbocycles. The van der Waals surface area contributed by atoms with Crippen LogP contribution in [0.5, 0.6) is 0 Å². The van der Waals surface area contributed by atoms with Gasteiger partial charge in [0, 0.05) is 27.1 Å². The van der Waals surface area contributed by atoms with Gasteiger partial charge >= 0.3 is 0 Å².